The molecule has 1 aliphatic heterocycles. The van der Waals surface area contributed by atoms with Gasteiger partial charge < -0.3 is 5.11 Å². The van der Waals surface area contributed by atoms with E-state index in [9.17, 15) is 5.11 Å². The number of hydrogen-bond donors (Lipinski definition) is 1. The van der Waals surface area contributed by atoms with Gasteiger partial charge in [-0.05, 0) is 48.6 Å². The Bertz CT molecular complexity index is 446. The monoisotopic (exact) mass is 273 g/mol. The lowest BCUT2D eigenvalue weighted by molar-refractivity contribution is -0.0784. The molecule has 1 aliphatic carbocycles. The number of aliphatic hydroxyl groups excluding tert-OH is 1. The van der Waals surface area contributed by atoms with Crippen LogP contribution in [0, 0.1) is 17.3 Å². The maximum absolute atomic E-state index is 10.1. The van der Waals surface area contributed by atoms with Crippen LogP contribution in [0.15, 0.2) is 30.3 Å². The molecule has 2 nitrogen and oxygen atoms in total. The summed E-state index contributed by atoms with van der Waals surface area (Å²) in [6.45, 7) is 8.12. The number of likely N-dealkylation sites (tertiary alicyclic amines) is 1. The zero-order chi connectivity index (χ0) is 14.2. The van der Waals surface area contributed by atoms with E-state index in [1.165, 1.54) is 31.5 Å². The first-order chi connectivity index (χ1) is 9.58. The van der Waals surface area contributed by atoms with E-state index in [1.807, 2.05) is 0 Å². The largest absolute Gasteiger partial charge is 0.393 e. The van der Waals surface area contributed by atoms with Crippen molar-refractivity contribution in [2.75, 3.05) is 13.1 Å². The van der Waals surface area contributed by atoms with Crippen LogP contribution in [-0.4, -0.2) is 29.2 Å². The quantitative estimate of drug-likeness (QED) is 0.893. The molecule has 110 valence electrons. The van der Waals surface area contributed by atoms with Crippen molar-refractivity contribution in [2.45, 2.75) is 45.8 Å². The van der Waals surface area contributed by atoms with E-state index in [-0.39, 0.29) is 6.10 Å². The van der Waals surface area contributed by atoms with Gasteiger partial charge in [0.15, 0.2) is 0 Å². The van der Waals surface area contributed by atoms with Crippen molar-refractivity contribution in [3.63, 3.8) is 0 Å². The summed E-state index contributed by atoms with van der Waals surface area (Å²) in [4.78, 5) is 2.61. The van der Waals surface area contributed by atoms with Crippen LogP contribution in [0.2, 0.25) is 0 Å². The first-order valence-electron chi connectivity index (χ1n) is 8.03. The molecule has 4 atom stereocenters. The van der Waals surface area contributed by atoms with Gasteiger partial charge in [0.2, 0.25) is 0 Å². The minimum atomic E-state index is -0.0752. The summed E-state index contributed by atoms with van der Waals surface area (Å²) in [7, 11) is 0. The first-order valence-corrected chi connectivity index (χ1v) is 8.03. The minimum absolute atomic E-state index is 0.0752. The molecule has 0 radical (unpaired) electrons. The van der Waals surface area contributed by atoms with Crippen molar-refractivity contribution in [3.8, 4) is 0 Å². The van der Waals surface area contributed by atoms with E-state index in [2.05, 4.69) is 49.1 Å². The smallest absolute Gasteiger partial charge is 0.0568 e. The molecular weight excluding hydrogens is 246 g/mol. The zero-order valence-corrected chi connectivity index (χ0v) is 12.8. The highest BCUT2D eigenvalue weighted by molar-refractivity contribution is 5.14. The lowest BCUT2D eigenvalue weighted by Crippen LogP contribution is -2.53. The number of aliphatic hydroxyl groups is 1. The Kier molecular flexibility index (Phi) is 3.87. The lowest BCUT2D eigenvalue weighted by Gasteiger charge is -2.53. The Morgan fingerprint density at radius 3 is 2.75 bits per heavy atom. The van der Waals surface area contributed by atoms with Crippen LogP contribution in [0.5, 0.6) is 0 Å². The number of fused-ring (bicyclic) bond motifs is 1. The third kappa shape index (κ3) is 2.64. The molecule has 2 aliphatic rings. The molecule has 0 spiro atoms. The van der Waals surface area contributed by atoms with Gasteiger partial charge in [-0.25, -0.2) is 0 Å². The Hall–Kier alpha value is -0.860. The summed E-state index contributed by atoms with van der Waals surface area (Å²) in [6.07, 6.45) is 3.32. The SMILES string of the molecule is C[C@H]1[C@H](O)CC[C@@]2(C)CN(Cc3ccccc3)CC[C@H]12. The van der Waals surface area contributed by atoms with Gasteiger partial charge in [-0.2, -0.15) is 0 Å². The molecular formula is C18H27NO. The standard InChI is InChI=1S/C18H27NO/c1-14-16-9-11-19(12-15-6-4-3-5-7-15)13-18(16,2)10-8-17(14)20/h3-7,14,16-17,20H,8-13H2,1-2H3/t14-,16-,17-,18+/m1/s1. The van der Waals surface area contributed by atoms with E-state index in [0.717, 1.165) is 13.0 Å². The van der Waals surface area contributed by atoms with Crippen molar-refractivity contribution in [1.29, 1.82) is 0 Å². The molecule has 1 saturated carbocycles. The number of benzene rings is 1. The van der Waals surface area contributed by atoms with E-state index >= 15 is 0 Å². The van der Waals surface area contributed by atoms with Crippen molar-refractivity contribution in [2.24, 2.45) is 17.3 Å². The second kappa shape index (κ2) is 5.50. The molecule has 0 bridgehead atoms. The topological polar surface area (TPSA) is 23.5 Å². The molecule has 1 N–H and O–H groups in total. The number of piperidine rings is 1. The van der Waals surface area contributed by atoms with Crippen LogP contribution in [0.3, 0.4) is 0 Å². The molecule has 0 amide bonds. The molecule has 1 heterocycles. The highest BCUT2D eigenvalue weighted by Crippen LogP contribution is 2.48. The predicted molar refractivity (Wildman–Crippen MR) is 82.3 cm³/mol. The minimum Gasteiger partial charge on any atom is -0.393 e. The van der Waals surface area contributed by atoms with Crippen LogP contribution in [0.25, 0.3) is 0 Å². The predicted octanol–water partition coefficient (Wildman–Crippen LogP) is 3.31. The maximum Gasteiger partial charge on any atom is 0.0568 e. The van der Waals surface area contributed by atoms with Gasteiger partial charge in [0.25, 0.3) is 0 Å². The number of rotatable bonds is 2. The lowest BCUT2D eigenvalue weighted by atomic mass is 9.59. The normalized spacial score (nSPS) is 38.5. The average Bonchev–Trinajstić information content (AvgIpc) is 2.44. The molecule has 2 fully saturated rings. The Balaban J connectivity index is 1.68. The summed E-state index contributed by atoms with van der Waals surface area (Å²) in [6, 6.07) is 10.8. The molecule has 3 rings (SSSR count). The highest BCUT2D eigenvalue weighted by atomic mass is 16.3. The fourth-order valence-corrected chi connectivity index (χ4v) is 4.52. The van der Waals surface area contributed by atoms with Gasteiger partial charge in [-0.15, -0.1) is 0 Å². The summed E-state index contributed by atoms with van der Waals surface area (Å²) in [5.41, 5.74) is 1.81. The molecule has 1 aromatic rings. The summed E-state index contributed by atoms with van der Waals surface area (Å²) in [5.74, 6) is 1.16. The van der Waals surface area contributed by atoms with Crippen LogP contribution >= 0.6 is 0 Å². The van der Waals surface area contributed by atoms with E-state index < -0.39 is 0 Å². The number of hydrogen-bond acceptors (Lipinski definition) is 2. The molecule has 0 unspecified atom stereocenters. The highest BCUT2D eigenvalue weighted by Gasteiger charge is 2.46. The van der Waals surface area contributed by atoms with Crippen molar-refractivity contribution < 1.29 is 5.11 Å². The molecule has 20 heavy (non-hydrogen) atoms. The Morgan fingerprint density at radius 2 is 2.00 bits per heavy atom. The van der Waals surface area contributed by atoms with E-state index in [4.69, 9.17) is 0 Å². The van der Waals surface area contributed by atoms with Crippen LogP contribution in [0.1, 0.15) is 38.7 Å². The zero-order valence-electron chi connectivity index (χ0n) is 12.8. The van der Waals surface area contributed by atoms with Gasteiger partial charge in [-0.1, -0.05) is 44.2 Å². The molecule has 1 aromatic carbocycles. The van der Waals surface area contributed by atoms with Gasteiger partial charge >= 0.3 is 0 Å². The second-order valence-electron chi connectivity index (χ2n) is 7.21. The van der Waals surface area contributed by atoms with Crippen LogP contribution < -0.4 is 0 Å². The second-order valence-corrected chi connectivity index (χ2v) is 7.21. The third-order valence-electron chi connectivity index (χ3n) is 5.74. The van der Waals surface area contributed by atoms with Gasteiger partial charge in [0.05, 0.1) is 6.10 Å². The third-order valence-corrected chi connectivity index (χ3v) is 5.74. The number of nitrogens with zero attached hydrogens (tertiary/aromatic N) is 1. The van der Waals surface area contributed by atoms with Crippen LogP contribution in [0.4, 0.5) is 0 Å². The van der Waals surface area contributed by atoms with Gasteiger partial charge in [0.1, 0.15) is 0 Å². The summed E-state index contributed by atoms with van der Waals surface area (Å²) < 4.78 is 0. The van der Waals surface area contributed by atoms with Crippen molar-refractivity contribution in [1.82, 2.24) is 4.90 Å². The molecule has 0 aromatic heterocycles. The van der Waals surface area contributed by atoms with E-state index in [1.54, 1.807) is 0 Å². The van der Waals surface area contributed by atoms with Crippen molar-refractivity contribution >= 4 is 0 Å². The fraction of sp³-hybridized carbons (Fsp3) is 0.667. The van der Waals surface area contributed by atoms with Crippen LogP contribution in [-0.2, 0) is 6.54 Å². The first kappa shape index (κ1) is 14.1. The Labute approximate surface area is 122 Å². The van der Waals surface area contributed by atoms with E-state index in [0.29, 0.717) is 17.3 Å². The van der Waals surface area contributed by atoms with Crippen molar-refractivity contribution in [3.05, 3.63) is 35.9 Å². The summed E-state index contributed by atoms with van der Waals surface area (Å²) >= 11 is 0. The maximum atomic E-state index is 10.1. The Morgan fingerprint density at radius 1 is 1.25 bits per heavy atom. The fourth-order valence-electron chi connectivity index (χ4n) is 4.52. The average molecular weight is 273 g/mol. The molecule has 1 saturated heterocycles. The summed E-state index contributed by atoms with van der Waals surface area (Å²) in [5, 5.41) is 10.1. The van der Waals surface area contributed by atoms with Gasteiger partial charge in [0, 0.05) is 13.1 Å². The molecule has 2 heteroatoms. The van der Waals surface area contributed by atoms with Gasteiger partial charge in [-0.3, -0.25) is 4.90 Å².